The SMILES string of the molecule is C[C@@H]1CN(c2ccc(NC(=O)Cc3csc(Cc4ccccc4)n3)cn2)C[C@H](C)O1. The normalized spacial score (nSPS) is 18.9. The Morgan fingerprint density at radius 1 is 1.17 bits per heavy atom. The van der Waals surface area contributed by atoms with Crippen LogP contribution in [-0.2, 0) is 22.4 Å². The monoisotopic (exact) mass is 422 g/mol. The molecule has 1 aliphatic rings. The summed E-state index contributed by atoms with van der Waals surface area (Å²) in [6.07, 6.45) is 3.11. The Bertz CT molecular complexity index is 964. The van der Waals surface area contributed by atoms with Gasteiger partial charge in [-0.15, -0.1) is 11.3 Å². The van der Waals surface area contributed by atoms with Crippen molar-refractivity contribution in [3.63, 3.8) is 0 Å². The summed E-state index contributed by atoms with van der Waals surface area (Å²) < 4.78 is 5.77. The minimum Gasteiger partial charge on any atom is -0.372 e. The third kappa shape index (κ3) is 5.43. The number of carbonyl (C=O) groups excluding carboxylic acids is 1. The van der Waals surface area contributed by atoms with Crippen LogP contribution in [0.1, 0.15) is 30.1 Å². The average Bonchev–Trinajstić information content (AvgIpc) is 3.15. The number of morpholine rings is 1. The van der Waals surface area contributed by atoms with Crippen molar-refractivity contribution in [2.75, 3.05) is 23.3 Å². The third-order valence-corrected chi connectivity index (χ3v) is 5.81. The number of rotatable bonds is 6. The molecule has 1 saturated heterocycles. The van der Waals surface area contributed by atoms with E-state index in [-0.39, 0.29) is 24.5 Å². The topological polar surface area (TPSA) is 67.4 Å². The summed E-state index contributed by atoms with van der Waals surface area (Å²) in [6, 6.07) is 14.1. The van der Waals surface area contributed by atoms with E-state index in [1.807, 2.05) is 35.7 Å². The molecule has 2 atom stereocenters. The minimum absolute atomic E-state index is 0.0882. The van der Waals surface area contributed by atoms with E-state index in [2.05, 4.69) is 46.2 Å². The van der Waals surface area contributed by atoms with Crippen LogP contribution in [0.2, 0.25) is 0 Å². The molecule has 1 N–H and O–H groups in total. The maximum atomic E-state index is 12.4. The number of anilines is 2. The van der Waals surface area contributed by atoms with Crippen molar-refractivity contribution < 1.29 is 9.53 Å². The van der Waals surface area contributed by atoms with Crippen LogP contribution < -0.4 is 10.2 Å². The van der Waals surface area contributed by atoms with Crippen LogP contribution >= 0.6 is 11.3 Å². The van der Waals surface area contributed by atoms with Gasteiger partial charge in [0.05, 0.1) is 41.2 Å². The maximum Gasteiger partial charge on any atom is 0.230 e. The van der Waals surface area contributed by atoms with Crippen LogP contribution in [0.15, 0.2) is 54.0 Å². The Morgan fingerprint density at radius 3 is 2.63 bits per heavy atom. The van der Waals surface area contributed by atoms with E-state index >= 15 is 0 Å². The first-order chi connectivity index (χ1) is 14.5. The number of pyridine rings is 1. The Morgan fingerprint density at radius 2 is 1.93 bits per heavy atom. The van der Waals surface area contributed by atoms with Gasteiger partial charge in [0.2, 0.25) is 5.91 Å². The Labute approximate surface area is 180 Å². The fourth-order valence-electron chi connectivity index (χ4n) is 3.66. The fourth-order valence-corrected chi connectivity index (χ4v) is 4.49. The zero-order chi connectivity index (χ0) is 20.9. The van der Waals surface area contributed by atoms with Crippen LogP contribution in [0.3, 0.4) is 0 Å². The minimum atomic E-state index is -0.0882. The average molecular weight is 423 g/mol. The van der Waals surface area contributed by atoms with Gasteiger partial charge in [0.1, 0.15) is 5.82 Å². The van der Waals surface area contributed by atoms with Gasteiger partial charge in [-0.2, -0.15) is 0 Å². The number of hydrogen-bond donors (Lipinski definition) is 1. The Kier molecular flexibility index (Phi) is 6.40. The molecular formula is C23H26N4O2S. The lowest BCUT2D eigenvalue weighted by molar-refractivity contribution is -0.115. The number of ether oxygens (including phenoxy) is 1. The van der Waals surface area contributed by atoms with Gasteiger partial charge in [-0.1, -0.05) is 30.3 Å². The molecule has 156 valence electrons. The summed E-state index contributed by atoms with van der Waals surface area (Å²) >= 11 is 1.59. The number of aromatic nitrogens is 2. The van der Waals surface area contributed by atoms with Crippen molar-refractivity contribution in [1.82, 2.24) is 9.97 Å². The molecule has 0 bridgehead atoms. The first-order valence-corrected chi connectivity index (χ1v) is 11.1. The lowest BCUT2D eigenvalue weighted by Crippen LogP contribution is -2.45. The fraction of sp³-hybridized carbons (Fsp3) is 0.348. The molecule has 1 aromatic carbocycles. The van der Waals surface area contributed by atoms with E-state index in [4.69, 9.17) is 4.74 Å². The predicted octanol–water partition coefficient (Wildman–Crippen LogP) is 3.92. The number of amides is 1. The number of carbonyl (C=O) groups is 1. The summed E-state index contributed by atoms with van der Waals surface area (Å²) in [5.41, 5.74) is 2.71. The van der Waals surface area contributed by atoms with E-state index in [9.17, 15) is 4.79 Å². The Hall–Kier alpha value is -2.77. The summed E-state index contributed by atoms with van der Waals surface area (Å²) in [6.45, 7) is 5.78. The van der Waals surface area contributed by atoms with E-state index in [0.29, 0.717) is 5.69 Å². The molecule has 2 aromatic heterocycles. The number of thiazole rings is 1. The lowest BCUT2D eigenvalue weighted by atomic mass is 10.2. The highest BCUT2D eigenvalue weighted by Crippen LogP contribution is 2.20. The second-order valence-electron chi connectivity index (χ2n) is 7.69. The van der Waals surface area contributed by atoms with Gasteiger partial charge in [0.25, 0.3) is 0 Å². The number of benzene rings is 1. The number of hydrogen-bond acceptors (Lipinski definition) is 6. The molecule has 6 nitrogen and oxygen atoms in total. The van der Waals surface area contributed by atoms with Crippen LogP contribution in [0.25, 0.3) is 0 Å². The molecular weight excluding hydrogens is 396 g/mol. The molecule has 7 heteroatoms. The number of nitrogens with zero attached hydrogens (tertiary/aromatic N) is 3. The molecule has 0 radical (unpaired) electrons. The van der Waals surface area contributed by atoms with Crippen molar-refractivity contribution in [2.45, 2.75) is 38.9 Å². The van der Waals surface area contributed by atoms with Gasteiger partial charge in [0.15, 0.2) is 0 Å². The maximum absolute atomic E-state index is 12.4. The summed E-state index contributed by atoms with van der Waals surface area (Å²) in [5.74, 6) is 0.815. The zero-order valence-corrected chi connectivity index (χ0v) is 18.1. The van der Waals surface area contributed by atoms with E-state index in [1.54, 1.807) is 17.5 Å². The highest BCUT2D eigenvalue weighted by Gasteiger charge is 2.23. The first-order valence-electron chi connectivity index (χ1n) is 10.2. The van der Waals surface area contributed by atoms with Crippen molar-refractivity contribution in [2.24, 2.45) is 0 Å². The summed E-state index contributed by atoms with van der Waals surface area (Å²) in [4.78, 5) is 23.8. The Balaban J connectivity index is 1.31. The van der Waals surface area contributed by atoms with Crippen LogP contribution in [0, 0.1) is 0 Å². The smallest absolute Gasteiger partial charge is 0.230 e. The molecule has 4 rings (SSSR count). The van der Waals surface area contributed by atoms with E-state index in [1.165, 1.54) is 5.56 Å². The molecule has 3 heterocycles. The summed E-state index contributed by atoms with van der Waals surface area (Å²) in [5, 5.41) is 5.89. The largest absolute Gasteiger partial charge is 0.372 e. The third-order valence-electron chi connectivity index (χ3n) is 4.91. The van der Waals surface area contributed by atoms with E-state index in [0.717, 1.165) is 36.0 Å². The molecule has 0 unspecified atom stereocenters. The van der Waals surface area contributed by atoms with Gasteiger partial charge < -0.3 is 15.0 Å². The van der Waals surface area contributed by atoms with Crippen LogP contribution in [0.4, 0.5) is 11.5 Å². The van der Waals surface area contributed by atoms with Crippen molar-refractivity contribution >= 4 is 28.7 Å². The predicted molar refractivity (Wildman–Crippen MR) is 120 cm³/mol. The highest BCUT2D eigenvalue weighted by molar-refractivity contribution is 7.09. The highest BCUT2D eigenvalue weighted by atomic mass is 32.1. The molecule has 30 heavy (non-hydrogen) atoms. The molecule has 0 aliphatic carbocycles. The van der Waals surface area contributed by atoms with Gasteiger partial charge in [-0.3, -0.25) is 4.79 Å². The van der Waals surface area contributed by atoms with E-state index < -0.39 is 0 Å². The lowest BCUT2D eigenvalue weighted by Gasteiger charge is -2.36. The molecule has 1 aliphatic heterocycles. The molecule has 1 fully saturated rings. The molecule has 0 saturated carbocycles. The van der Waals surface area contributed by atoms with Crippen molar-refractivity contribution in [1.29, 1.82) is 0 Å². The van der Waals surface area contributed by atoms with Crippen LogP contribution in [-0.4, -0.2) is 41.2 Å². The number of nitrogens with one attached hydrogen (secondary N) is 1. The van der Waals surface area contributed by atoms with Gasteiger partial charge in [-0.05, 0) is 31.5 Å². The second-order valence-corrected chi connectivity index (χ2v) is 8.63. The molecule has 3 aromatic rings. The van der Waals surface area contributed by atoms with Gasteiger partial charge >= 0.3 is 0 Å². The standard InChI is InChI=1S/C23H26N4O2S/c1-16-13-27(14-17(2)29-16)21-9-8-19(12-24-21)25-22(28)11-20-15-30-23(26-20)10-18-6-4-3-5-7-18/h3-9,12,15-17H,10-11,13-14H2,1-2H3,(H,25,28)/t16-,17+. The second kappa shape index (κ2) is 9.36. The van der Waals surface area contributed by atoms with Crippen LogP contribution in [0.5, 0.6) is 0 Å². The zero-order valence-electron chi connectivity index (χ0n) is 17.2. The van der Waals surface area contributed by atoms with Gasteiger partial charge in [0, 0.05) is 24.9 Å². The van der Waals surface area contributed by atoms with Crippen molar-refractivity contribution in [3.8, 4) is 0 Å². The molecule has 1 amide bonds. The van der Waals surface area contributed by atoms with Crippen molar-refractivity contribution in [3.05, 3.63) is 70.3 Å². The molecule has 0 spiro atoms. The van der Waals surface area contributed by atoms with Gasteiger partial charge in [-0.25, -0.2) is 9.97 Å². The quantitative estimate of drug-likeness (QED) is 0.652. The summed E-state index contributed by atoms with van der Waals surface area (Å²) in [7, 11) is 0. The first kappa shape index (κ1) is 20.5.